The van der Waals surface area contributed by atoms with Gasteiger partial charge >= 0.3 is 0 Å². The fraction of sp³-hybridized carbons (Fsp3) is 0.0545. The number of para-hydroxylation sites is 1. The highest BCUT2D eigenvalue weighted by Crippen LogP contribution is 2.55. The molecule has 0 spiro atoms. The highest BCUT2D eigenvalue weighted by atomic mass is 16.3. The van der Waals surface area contributed by atoms with Gasteiger partial charge in [-0.25, -0.2) is 0 Å². The van der Waals surface area contributed by atoms with Crippen LogP contribution in [0.15, 0.2) is 381 Å². The Kier molecular flexibility index (Phi) is 14.5. The minimum atomic E-state index is -0.0474. The molecule has 0 saturated carbocycles. The zero-order valence-corrected chi connectivity index (χ0v) is 62.2. The molecule has 0 fully saturated rings. The average Bonchev–Trinajstić information content (AvgIpc) is 1.58. The highest BCUT2D eigenvalue weighted by Gasteiger charge is 2.38. The molecule has 23 rings (SSSR count). The van der Waals surface area contributed by atoms with Gasteiger partial charge in [-0.3, -0.25) is 0 Å². The molecule has 0 unspecified atom stereocenters. The Balaban J connectivity index is 0.000000137. The molecule has 0 saturated heterocycles. The van der Waals surface area contributed by atoms with Gasteiger partial charge in [-0.05, 0) is 269 Å². The molecule has 1 nitrogen and oxygen atoms in total. The first-order chi connectivity index (χ1) is 54.5. The minimum Gasteiger partial charge on any atom is -0.456 e. The van der Waals surface area contributed by atoms with Crippen molar-refractivity contribution in [3.05, 3.63) is 398 Å². The second-order valence-electron chi connectivity index (χ2n) is 31.7. The molecule has 0 aliphatic heterocycles. The largest absolute Gasteiger partial charge is 0.456 e. The number of fused-ring (bicyclic) bond motifs is 18. The van der Waals surface area contributed by atoms with Crippen LogP contribution >= 0.6 is 0 Å². The van der Waals surface area contributed by atoms with Crippen LogP contribution in [0.5, 0.6) is 0 Å². The maximum Gasteiger partial charge on any atom is 0.135 e. The van der Waals surface area contributed by atoms with Crippen LogP contribution in [-0.2, 0) is 10.8 Å². The maximum absolute atomic E-state index is 6.21. The van der Waals surface area contributed by atoms with E-state index < -0.39 is 0 Å². The summed E-state index contributed by atoms with van der Waals surface area (Å²) in [4.78, 5) is 0. The third-order valence-electron chi connectivity index (χ3n) is 24.9. The number of benzene rings is 20. The van der Waals surface area contributed by atoms with Crippen LogP contribution in [0.1, 0.15) is 49.9 Å². The third-order valence-corrected chi connectivity index (χ3v) is 24.9. The molecule has 0 radical (unpaired) electrons. The number of hydrogen-bond donors (Lipinski definition) is 0. The molecule has 111 heavy (non-hydrogen) atoms. The monoisotopic (exact) mass is 1410 g/mol. The zero-order valence-electron chi connectivity index (χ0n) is 62.2. The van der Waals surface area contributed by atoms with Crippen LogP contribution in [0, 0.1) is 0 Å². The summed E-state index contributed by atoms with van der Waals surface area (Å²) in [6.07, 6.45) is 0. The Labute approximate surface area is 645 Å². The van der Waals surface area contributed by atoms with E-state index in [0.717, 1.165) is 21.9 Å². The lowest BCUT2D eigenvalue weighted by Crippen LogP contribution is -2.14. The lowest BCUT2D eigenvalue weighted by molar-refractivity contribution is 0.661. The van der Waals surface area contributed by atoms with E-state index in [0.29, 0.717) is 0 Å². The maximum atomic E-state index is 6.21. The summed E-state index contributed by atoms with van der Waals surface area (Å²) < 4.78 is 6.21. The fourth-order valence-electron chi connectivity index (χ4n) is 19.4. The quantitative estimate of drug-likeness (QED) is 0.114. The summed E-state index contributed by atoms with van der Waals surface area (Å²) in [5, 5.41) is 22.7. The molecule has 0 bridgehead atoms. The van der Waals surface area contributed by atoms with Gasteiger partial charge in [0.25, 0.3) is 0 Å². The van der Waals surface area contributed by atoms with E-state index in [4.69, 9.17) is 4.42 Å². The van der Waals surface area contributed by atoms with Crippen molar-refractivity contribution in [2.45, 2.75) is 38.5 Å². The van der Waals surface area contributed by atoms with Gasteiger partial charge in [0.2, 0.25) is 0 Å². The van der Waals surface area contributed by atoms with Gasteiger partial charge in [0.15, 0.2) is 0 Å². The average molecular weight is 1410 g/mol. The smallest absolute Gasteiger partial charge is 0.135 e. The topological polar surface area (TPSA) is 13.1 Å². The molecule has 0 N–H and O–H groups in total. The lowest BCUT2D eigenvalue weighted by atomic mass is 9.81. The normalized spacial score (nSPS) is 13.2. The Morgan fingerprint density at radius 1 is 0.162 bits per heavy atom. The van der Waals surface area contributed by atoms with Crippen LogP contribution in [0.3, 0.4) is 0 Å². The molecule has 520 valence electrons. The third kappa shape index (κ3) is 10.2. The molecule has 1 heterocycles. The lowest BCUT2D eigenvalue weighted by Gasteiger charge is -2.22. The molecule has 20 aromatic carbocycles. The molecule has 21 aromatic rings. The van der Waals surface area contributed by atoms with Crippen molar-refractivity contribution in [3.8, 4) is 100 Å². The van der Waals surface area contributed by atoms with Gasteiger partial charge < -0.3 is 4.42 Å². The van der Waals surface area contributed by atoms with E-state index in [-0.39, 0.29) is 10.8 Å². The standard InChI is InChI=1S/C57H38O.C53H36/c1-57(2)51-29-27-39(32-48(51)49-31-37-13-3-4-14-38(37)34-52(49)57)35-23-25-36(26-24-35)55-44-18-7-9-20-46(44)56(47-21-10-8-19-45(47)55)43-17-6-5-15-41(43)40-28-30-54-50(33-40)42-16-11-12-22-53(42)58-54;1-53(2)49-28-26-38(31-47(49)48-30-36-12-3-4-13-37(36)32-50(48)53)33-19-22-35(23-20-33)51-43-15-7-9-17-45(43)52(46-18-10-8-16-44(46)51)40-25-27-42-39(29-40)24-21-34-11-5-6-14-41(34)42/h3-34H,1-2H3;3-32H,1-2H3. The van der Waals surface area contributed by atoms with E-state index in [1.165, 1.54) is 209 Å². The summed E-state index contributed by atoms with van der Waals surface area (Å²) >= 11 is 0. The van der Waals surface area contributed by atoms with Crippen molar-refractivity contribution < 1.29 is 4.42 Å². The first kappa shape index (κ1) is 64.5. The molecule has 1 heteroatoms. The van der Waals surface area contributed by atoms with Crippen LogP contribution in [0.25, 0.3) is 208 Å². The van der Waals surface area contributed by atoms with Crippen LogP contribution < -0.4 is 0 Å². The number of furan rings is 1. The van der Waals surface area contributed by atoms with E-state index in [1.54, 1.807) is 0 Å². The van der Waals surface area contributed by atoms with E-state index >= 15 is 0 Å². The van der Waals surface area contributed by atoms with Gasteiger partial charge in [-0.2, -0.15) is 0 Å². The van der Waals surface area contributed by atoms with E-state index in [2.05, 4.69) is 392 Å². The van der Waals surface area contributed by atoms with Crippen LogP contribution in [0.4, 0.5) is 0 Å². The number of hydrogen-bond acceptors (Lipinski definition) is 1. The van der Waals surface area contributed by atoms with Crippen molar-refractivity contribution >= 4 is 108 Å². The van der Waals surface area contributed by atoms with Gasteiger partial charge in [-0.15, -0.1) is 0 Å². The van der Waals surface area contributed by atoms with Crippen LogP contribution in [-0.4, -0.2) is 0 Å². The van der Waals surface area contributed by atoms with E-state index in [9.17, 15) is 0 Å². The molecule has 0 atom stereocenters. The SMILES string of the molecule is CC1(C)c2ccc(-c3ccc(-c4c5ccccc5c(-c5ccc6c(ccc7ccccc76)c5)c5ccccc45)cc3)cc2-c2cc3ccccc3cc21.CC1(C)c2ccc(-c3ccc(-c4c5ccccc5c(-c5ccccc5-c5ccc6oc7ccccc7c6c5)c5ccccc45)cc3)cc2-c2cc3ccccc3cc21. The van der Waals surface area contributed by atoms with Gasteiger partial charge in [0.05, 0.1) is 0 Å². The Morgan fingerprint density at radius 2 is 0.495 bits per heavy atom. The zero-order chi connectivity index (χ0) is 73.8. The predicted octanol–water partition coefficient (Wildman–Crippen LogP) is 30.8. The Hall–Kier alpha value is -13.7. The van der Waals surface area contributed by atoms with E-state index in [1.807, 2.05) is 12.1 Å². The second kappa shape index (κ2) is 24.9. The Bertz CT molecular complexity index is 7370. The van der Waals surface area contributed by atoms with Crippen LogP contribution in [0.2, 0.25) is 0 Å². The van der Waals surface area contributed by atoms with Crippen molar-refractivity contribution in [2.75, 3.05) is 0 Å². The highest BCUT2D eigenvalue weighted by molar-refractivity contribution is 6.24. The van der Waals surface area contributed by atoms with Gasteiger partial charge in [-0.1, -0.05) is 343 Å². The van der Waals surface area contributed by atoms with Crippen molar-refractivity contribution in [1.82, 2.24) is 0 Å². The van der Waals surface area contributed by atoms with Crippen molar-refractivity contribution in [2.24, 2.45) is 0 Å². The second-order valence-corrected chi connectivity index (χ2v) is 31.7. The summed E-state index contributed by atoms with van der Waals surface area (Å²) in [6, 6.07) is 140. The molecule has 2 aliphatic carbocycles. The van der Waals surface area contributed by atoms with Crippen molar-refractivity contribution in [3.63, 3.8) is 0 Å². The molecule has 0 amide bonds. The molecular formula is C110H74O. The fourth-order valence-corrected chi connectivity index (χ4v) is 19.4. The Morgan fingerprint density at radius 3 is 0.991 bits per heavy atom. The van der Waals surface area contributed by atoms with Gasteiger partial charge in [0.1, 0.15) is 11.2 Å². The number of rotatable bonds is 7. The molecular weight excluding hydrogens is 1340 g/mol. The van der Waals surface area contributed by atoms with Gasteiger partial charge in [0, 0.05) is 21.6 Å². The molecule has 1 aromatic heterocycles. The van der Waals surface area contributed by atoms with Crippen molar-refractivity contribution in [1.29, 1.82) is 0 Å². The predicted molar refractivity (Wildman–Crippen MR) is 473 cm³/mol. The summed E-state index contributed by atoms with van der Waals surface area (Å²) in [7, 11) is 0. The minimum absolute atomic E-state index is 0.0351. The molecule has 2 aliphatic rings. The first-order valence-corrected chi connectivity index (χ1v) is 38.9. The first-order valence-electron chi connectivity index (χ1n) is 38.9. The summed E-state index contributed by atoms with van der Waals surface area (Å²) in [5.41, 5.74) is 30.1. The summed E-state index contributed by atoms with van der Waals surface area (Å²) in [5.74, 6) is 0. The summed E-state index contributed by atoms with van der Waals surface area (Å²) in [6.45, 7) is 9.45.